The third-order valence-corrected chi connectivity index (χ3v) is 7.30. The maximum atomic E-state index is 15.6. The number of thiocarbonyl (C=S) groups is 1. The predicted molar refractivity (Wildman–Crippen MR) is 134 cm³/mol. The van der Waals surface area contributed by atoms with Gasteiger partial charge in [0.2, 0.25) is 0 Å². The highest BCUT2D eigenvalue weighted by atomic mass is 32.1. The van der Waals surface area contributed by atoms with Crippen LogP contribution in [0.1, 0.15) is 27.7 Å². The van der Waals surface area contributed by atoms with E-state index < -0.39 is 50.5 Å². The first kappa shape index (κ1) is 28.2. The van der Waals surface area contributed by atoms with Crippen LogP contribution < -0.4 is 14.9 Å². The van der Waals surface area contributed by atoms with Gasteiger partial charge in [0.15, 0.2) is 17.0 Å². The number of benzene rings is 1. The van der Waals surface area contributed by atoms with Gasteiger partial charge in [-0.05, 0) is 58.1 Å². The van der Waals surface area contributed by atoms with Gasteiger partial charge in [-0.15, -0.1) is 0 Å². The summed E-state index contributed by atoms with van der Waals surface area (Å²) in [5.74, 6) is -0.465. The van der Waals surface area contributed by atoms with Crippen LogP contribution in [0.3, 0.4) is 0 Å². The summed E-state index contributed by atoms with van der Waals surface area (Å²) >= 11 is 5.24. The van der Waals surface area contributed by atoms with E-state index in [0.29, 0.717) is 5.70 Å². The minimum Gasteiger partial charge on any atom is -0.462 e. The zero-order valence-electron chi connectivity index (χ0n) is 20.4. The molecule has 2 aliphatic heterocycles. The summed E-state index contributed by atoms with van der Waals surface area (Å²) in [7, 11) is -4.23. The maximum Gasteiger partial charge on any atom is 0.459 e. The molecule has 36 heavy (non-hydrogen) atoms. The van der Waals surface area contributed by atoms with Gasteiger partial charge in [0.05, 0.1) is 12.7 Å². The summed E-state index contributed by atoms with van der Waals surface area (Å²) < 4.78 is 51.2. The van der Waals surface area contributed by atoms with E-state index in [1.54, 1.807) is 50.3 Å². The van der Waals surface area contributed by atoms with Crippen LogP contribution in [0.5, 0.6) is 5.75 Å². The molecule has 1 aromatic carbocycles. The van der Waals surface area contributed by atoms with Crippen LogP contribution in [0.2, 0.25) is 0 Å². The number of hydrogen-bond donors (Lipinski definition) is 3. The average molecular weight is 544 g/mol. The number of carbonyl (C=O) groups excluding carboxylic acids is 1. The van der Waals surface area contributed by atoms with Gasteiger partial charge in [0.25, 0.3) is 0 Å². The van der Waals surface area contributed by atoms with Gasteiger partial charge in [0.1, 0.15) is 24.0 Å². The number of aliphatic hydroxyl groups excluding tert-OH is 1. The van der Waals surface area contributed by atoms with Gasteiger partial charge in [-0.1, -0.05) is 24.8 Å². The lowest BCUT2D eigenvalue weighted by Crippen LogP contribution is -2.53. The molecule has 3 N–H and O–H groups in total. The largest absolute Gasteiger partial charge is 0.462 e. The molecule has 0 saturated carbocycles. The highest BCUT2D eigenvalue weighted by Gasteiger charge is 2.57. The number of nitrogens with one attached hydrogen (secondary N) is 2. The van der Waals surface area contributed by atoms with Crippen molar-refractivity contribution in [1.29, 1.82) is 0 Å². The Labute approximate surface area is 215 Å². The average Bonchev–Trinajstić information content (AvgIpc) is 3.01. The van der Waals surface area contributed by atoms with Crippen LogP contribution in [-0.2, 0) is 23.4 Å². The third-order valence-electron chi connectivity index (χ3n) is 5.34. The van der Waals surface area contributed by atoms with E-state index in [1.165, 1.54) is 24.9 Å². The van der Waals surface area contributed by atoms with Crippen molar-refractivity contribution < 1.29 is 37.4 Å². The number of aliphatic hydroxyl groups is 1. The second kappa shape index (κ2) is 11.4. The summed E-state index contributed by atoms with van der Waals surface area (Å²) in [5, 5.41) is 16.2. The highest BCUT2D eigenvalue weighted by molar-refractivity contribution is 7.80. The highest BCUT2D eigenvalue weighted by Crippen LogP contribution is 2.46. The van der Waals surface area contributed by atoms with Crippen LogP contribution in [-0.4, -0.2) is 63.9 Å². The molecule has 198 valence electrons. The first-order chi connectivity index (χ1) is 16.8. The molecule has 0 aromatic heterocycles. The number of carbonyl (C=O) groups is 1. The summed E-state index contributed by atoms with van der Waals surface area (Å²) in [5.41, 5.74) is -1.75. The Morgan fingerprint density at radius 3 is 2.67 bits per heavy atom. The molecule has 13 heteroatoms. The minimum absolute atomic E-state index is 0.141. The number of alkyl halides is 1. The van der Waals surface area contributed by atoms with E-state index in [-0.39, 0.29) is 17.0 Å². The van der Waals surface area contributed by atoms with Crippen molar-refractivity contribution in [3.8, 4) is 5.75 Å². The molecule has 0 aliphatic carbocycles. The summed E-state index contributed by atoms with van der Waals surface area (Å²) in [6, 6.07) is 7.10. The number of hydrogen-bond acceptors (Lipinski definition) is 8. The number of nitrogens with zero attached hydrogens (tertiary/aromatic N) is 1. The lowest BCUT2D eigenvalue weighted by molar-refractivity contribution is -0.149. The molecule has 0 amide bonds. The van der Waals surface area contributed by atoms with E-state index in [0.717, 1.165) is 0 Å². The molecule has 6 atom stereocenters. The van der Waals surface area contributed by atoms with Crippen molar-refractivity contribution in [2.75, 3.05) is 6.61 Å². The van der Waals surface area contributed by atoms with Gasteiger partial charge in [-0.3, -0.25) is 14.2 Å². The fourth-order valence-electron chi connectivity index (χ4n) is 3.52. The lowest BCUT2D eigenvalue weighted by Gasteiger charge is -2.35. The quantitative estimate of drug-likeness (QED) is 0.229. The molecule has 0 spiro atoms. The van der Waals surface area contributed by atoms with Crippen LogP contribution in [0.15, 0.2) is 54.9 Å². The van der Waals surface area contributed by atoms with E-state index in [1.807, 2.05) is 0 Å². The first-order valence-corrected chi connectivity index (χ1v) is 13.2. The smallest absolute Gasteiger partial charge is 0.459 e. The molecule has 10 nitrogen and oxygen atoms in total. The number of esters is 1. The number of para-hydroxylation sites is 1. The van der Waals surface area contributed by atoms with E-state index >= 15 is 4.39 Å². The van der Waals surface area contributed by atoms with Crippen LogP contribution in [0, 0.1) is 0 Å². The Kier molecular flexibility index (Phi) is 8.92. The van der Waals surface area contributed by atoms with Crippen molar-refractivity contribution >= 4 is 31.0 Å². The number of rotatable bonds is 10. The number of allylic oxidation sites excluding steroid dienone is 1. The standard InChI is InChI=1S/C23H31FN3O7PS/c1-14(2)32-20(29)16(4)26-35(30,34-17-9-7-6-8-10-17)31-13-18-19(28)23(5,24)21(33-18)27-12-11-15(3)25-22(27)36/h6-12,14,16,18-19,21,28H,3,13H2,1-2,4-5H3,(H,25,36)(H,26,30)/t16-,18+,19?,21+,23+,35?/m0/s1. The van der Waals surface area contributed by atoms with Crippen molar-refractivity contribution in [1.82, 2.24) is 15.3 Å². The molecule has 3 rings (SSSR count). The molecular weight excluding hydrogens is 512 g/mol. The Morgan fingerprint density at radius 1 is 1.39 bits per heavy atom. The predicted octanol–water partition coefficient (Wildman–Crippen LogP) is 3.15. The normalized spacial score (nSPS) is 28.5. The number of halogens is 1. The van der Waals surface area contributed by atoms with E-state index in [4.69, 9.17) is 30.7 Å². The minimum atomic E-state index is -4.23. The Morgan fingerprint density at radius 2 is 2.06 bits per heavy atom. The lowest BCUT2D eigenvalue weighted by atomic mass is 9.98. The van der Waals surface area contributed by atoms with Crippen LogP contribution in [0.4, 0.5) is 4.39 Å². The Hall–Kier alpha value is -2.34. The second-order valence-electron chi connectivity index (χ2n) is 8.84. The molecule has 1 fully saturated rings. The van der Waals surface area contributed by atoms with E-state index in [2.05, 4.69) is 17.0 Å². The molecule has 2 heterocycles. The van der Waals surface area contributed by atoms with Crippen molar-refractivity contribution in [2.45, 2.75) is 63.9 Å². The Balaban J connectivity index is 1.76. The van der Waals surface area contributed by atoms with Gasteiger partial charge >= 0.3 is 13.7 Å². The Bertz CT molecular complexity index is 1060. The van der Waals surface area contributed by atoms with Gasteiger partial charge in [0, 0.05) is 11.9 Å². The summed E-state index contributed by atoms with van der Waals surface area (Å²) in [6.07, 6.45) is -1.51. The fraction of sp³-hybridized carbons (Fsp3) is 0.478. The SMILES string of the molecule is C=C1C=CN([C@@H]2O[C@H](COP(=O)(N[C@@H](C)C(=O)OC(C)C)Oc3ccccc3)C(O)[C@@]2(C)F)C(=S)N1. The summed E-state index contributed by atoms with van der Waals surface area (Å²) in [4.78, 5) is 13.6. The van der Waals surface area contributed by atoms with Crippen molar-refractivity contribution in [3.05, 3.63) is 54.9 Å². The molecule has 2 unspecified atom stereocenters. The molecule has 0 radical (unpaired) electrons. The molecule has 1 aromatic rings. The fourth-order valence-corrected chi connectivity index (χ4v) is 5.31. The number of ether oxygens (including phenoxy) is 2. The summed E-state index contributed by atoms with van der Waals surface area (Å²) in [6.45, 7) is 9.18. The molecule has 0 bridgehead atoms. The first-order valence-electron chi connectivity index (χ1n) is 11.3. The van der Waals surface area contributed by atoms with Crippen LogP contribution >= 0.6 is 20.0 Å². The topological polar surface area (TPSA) is 119 Å². The monoisotopic (exact) mass is 543 g/mol. The van der Waals surface area contributed by atoms with E-state index in [9.17, 15) is 14.5 Å². The van der Waals surface area contributed by atoms with Crippen molar-refractivity contribution in [3.63, 3.8) is 0 Å². The molecule has 1 saturated heterocycles. The molecule has 2 aliphatic rings. The van der Waals surface area contributed by atoms with Gasteiger partial charge in [-0.25, -0.2) is 8.96 Å². The zero-order valence-corrected chi connectivity index (χ0v) is 22.1. The zero-order chi connectivity index (χ0) is 26.7. The van der Waals surface area contributed by atoms with Gasteiger partial charge < -0.3 is 24.4 Å². The maximum absolute atomic E-state index is 15.6. The molecular formula is C23H31FN3O7PS. The van der Waals surface area contributed by atoms with Crippen molar-refractivity contribution in [2.24, 2.45) is 0 Å². The van der Waals surface area contributed by atoms with Gasteiger partial charge in [-0.2, -0.15) is 5.09 Å². The second-order valence-corrected chi connectivity index (χ2v) is 10.9. The van der Waals surface area contributed by atoms with Crippen LogP contribution in [0.25, 0.3) is 0 Å². The third kappa shape index (κ3) is 6.70.